The molecule has 1 N–H and O–H groups in total. The predicted molar refractivity (Wildman–Crippen MR) is 117 cm³/mol. The second-order valence-corrected chi connectivity index (χ2v) is 8.16. The predicted octanol–water partition coefficient (Wildman–Crippen LogP) is 4.58. The molecule has 1 amide bonds. The Hall–Kier alpha value is -2.89. The van der Waals surface area contributed by atoms with E-state index in [1.165, 1.54) is 18.7 Å². The summed E-state index contributed by atoms with van der Waals surface area (Å²) in [5.41, 5.74) is 0.829. The molecular weight excluding hydrogens is 397 g/mol. The van der Waals surface area contributed by atoms with Crippen LogP contribution in [0.5, 0.6) is 5.75 Å². The van der Waals surface area contributed by atoms with E-state index < -0.39 is 17.2 Å². The van der Waals surface area contributed by atoms with Gasteiger partial charge in [0.15, 0.2) is 0 Å². The molecule has 0 atom stereocenters. The fraction of sp³-hybridized carbons (Fsp3) is 0.440. The SMILES string of the molecule is COc1ccc(C2(C(=O)N(CCCCC(=O)O)CCCc3ccccc3)CC2)c(F)c1. The summed E-state index contributed by atoms with van der Waals surface area (Å²) in [5, 5.41) is 8.88. The third-order valence-corrected chi connectivity index (χ3v) is 5.94. The highest BCUT2D eigenvalue weighted by Crippen LogP contribution is 2.51. The van der Waals surface area contributed by atoms with Crippen LogP contribution >= 0.6 is 0 Å². The van der Waals surface area contributed by atoms with Crippen molar-refractivity contribution in [3.8, 4) is 5.75 Å². The molecule has 2 aromatic rings. The minimum absolute atomic E-state index is 0.0556. The number of carbonyl (C=O) groups excluding carboxylic acids is 1. The number of ether oxygens (including phenoxy) is 1. The van der Waals surface area contributed by atoms with Crippen molar-refractivity contribution in [1.29, 1.82) is 0 Å². The van der Waals surface area contributed by atoms with Gasteiger partial charge in [0, 0.05) is 31.1 Å². The van der Waals surface area contributed by atoms with Crippen molar-refractivity contribution in [1.82, 2.24) is 4.90 Å². The number of methoxy groups -OCH3 is 1. The van der Waals surface area contributed by atoms with E-state index in [-0.39, 0.29) is 12.3 Å². The van der Waals surface area contributed by atoms with E-state index in [0.29, 0.717) is 50.1 Å². The molecule has 3 rings (SSSR count). The molecule has 166 valence electrons. The van der Waals surface area contributed by atoms with Gasteiger partial charge in [-0.2, -0.15) is 0 Å². The fourth-order valence-electron chi connectivity index (χ4n) is 4.05. The molecule has 31 heavy (non-hydrogen) atoms. The number of rotatable bonds is 12. The molecule has 0 radical (unpaired) electrons. The van der Waals surface area contributed by atoms with Crippen molar-refractivity contribution in [2.45, 2.75) is 50.4 Å². The molecule has 0 aliphatic heterocycles. The molecule has 1 aliphatic rings. The Balaban J connectivity index is 1.70. The molecule has 2 aromatic carbocycles. The number of aliphatic carboxylic acids is 1. The van der Waals surface area contributed by atoms with Crippen molar-refractivity contribution in [3.63, 3.8) is 0 Å². The molecule has 1 fully saturated rings. The van der Waals surface area contributed by atoms with Crippen LogP contribution < -0.4 is 4.74 Å². The molecule has 6 heteroatoms. The van der Waals surface area contributed by atoms with Gasteiger partial charge in [0.1, 0.15) is 11.6 Å². The maximum absolute atomic E-state index is 14.7. The zero-order valence-electron chi connectivity index (χ0n) is 18.0. The number of unbranched alkanes of at least 4 members (excludes halogenated alkanes) is 1. The molecule has 0 spiro atoms. The maximum atomic E-state index is 14.7. The van der Waals surface area contributed by atoms with E-state index in [2.05, 4.69) is 12.1 Å². The van der Waals surface area contributed by atoms with Crippen molar-refractivity contribution in [2.75, 3.05) is 20.2 Å². The molecule has 5 nitrogen and oxygen atoms in total. The highest BCUT2D eigenvalue weighted by Gasteiger charge is 2.54. The van der Waals surface area contributed by atoms with Crippen LogP contribution in [0.4, 0.5) is 4.39 Å². The van der Waals surface area contributed by atoms with Crippen molar-refractivity contribution >= 4 is 11.9 Å². The Labute approximate surface area is 182 Å². The van der Waals surface area contributed by atoms with E-state index in [1.54, 1.807) is 12.1 Å². The number of aryl methyl sites for hydroxylation is 1. The van der Waals surface area contributed by atoms with Crippen LogP contribution in [0.2, 0.25) is 0 Å². The standard InChI is InChI=1S/C25H30FNO4/c1-31-20-12-13-21(22(26)18-20)25(14-15-25)24(30)27(16-6-5-11-23(28)29)17-7-10-19-8-3-2-4-9-19/h2-4,8-9,12-13,18H,5-7,10-11,14-17H2,1H3,(H,28,29). The topological polar surface area (TPSA) is 66.8 Å². The van der Waals surface area contributed by atoms with Gasteiger partial charge in [-0.05, 0) is 50.2 Å². The van der Waals surface area contributed by atoms with E-state index in [0.717, 1.165) is 12.8 Å². The van der Waals surface area contributed by atoms with Gasteiger partial charge in [-0.15, -0.1) is 0 Å². The average molecular weight is 428 g/mol. The molecule has 0 aromatic heterocycles. The van der Waals surface area contributed by atoms with E-state index in [1.807, 2.05) is 23.1 Å². The van der Waals surface area contributed by atoms with Crippen LogP contribution in [0.1, 0.15) is 49.7 Å². The van der Waals surface area contributed by atoms with Gasteiger partial charge in [0.05, 0.1) is 12.5 Å². The summed E-state index contributed by atoms with van der Waals surface area (Å²) in [5.74, 6) is -0.876. The summed E-state index contributed by atoms with van der Waals surface area (Å²) >= 11 is 0. The smallest absolute Gasteiger partial charge is 0.303 e. The van der Waals surface area contributed by atoms with Gasteiger partial charge >= 0.3 is 5.97 Å². The molecule has 1 saturated carbocycles. The Morgan fingerprint density at radius 3 is 2.39 bits per heavy atom. The molecule has 0 bridgehead atoms. The van der Waals surface area contributed by atoms with Crippen LogP contribution in [0, 0.1) is 5.82 Å². The highest BCUT2D eigenvalue weighted by atomic mass is 19.1. The molecule has 0 saturated heterocycles. The lowest BCUT2D eigenvalue weighted by molar-refractivity contribution is -0.137. The zero-order valence-corrected chi connectivity index (χ0v) is 18.0. The second-order valence-electron chi connectivity index (χ2n) is 8.16. The first-order valence-electron chi connectivity index (χ1n) is 10.9. The number of halogens is 1. The minimum Gasteiger partial charge on any atom is -0.497 e. The lowest BCUT2D eigenvalue weighted by atomic mass is 9.93. The maximum Gasteiger partial charge on any atom is 0.303 e. The fourth-order valence-corrected chi connectivity index (χ4v) is 4.05. The first-order chi connectivity index (χ1) is 15.0. The van der Waals surface area contributed by atoms with Crippen molar-refractivity contribution in [2.24, 2.45) is 0 Å². The first-order valence-corrected chi connectivity index (χ1v) is 10.9. The Morgan fingerprint density at radius 1 is 1.06 bits per heavy atom. The normalized spacial score (nSPS) is 14.1. The van der Waals surface area contributed by atoms with E-state index >= 15 is 0 Å². The Morgan fingerprint density at radius 2 is 1.77 bits per heavy atom. The van der Waals surface area contributed by atoms with Crippen LogP contribution in [-0.2, 0) is 21.4 Å². The lowest BCUT2D eigenvalue weighted by Gasteiger charge is -2.28. The van der Waals surface area contributed by atoms with Gasteiger partial charge in [0.25, 0.3) is 0 Å². The molecule has 1 aliphatic carbocycles. The zero-order chi connectivity index (χ0) is 22.3. The van der Waals surface area contributed by atoms with Crippen molar-refractivity contribution in [3.05, 3.63) is 65.5 Å². The Kier molecular flexibility index (Phi) is 7.66. The summed E-state index contributed by atoms with van der Waals surface area (Å²) in [6.07, 6.45) is 4.12. The average Bonchev–Trinajstić information content (AvgIpc) is 3.57. The van der Waals surface area contributed by atoms with Crippen molar-refractivity contribution < 1.29 is 23.8 Å². The quantitative estimate of drug-likeness (QED) is 0.504. The summed E-state index contributed by atoms with van der Waals surface area (Å²) in [6.45, 7) is 1.06. The Bertz CT molecular complexity index is 896. The third kappa shape index (κ3) is 5.84. The minimum atomic E-state index is -0.832. The number of carbonyl (C=O) groups is 2. The number of carboxylic acid groups (broad SMARTS) is 1. The first kappa shape index (κ1) is 22.8. The molecule has 0 unspecified atom stereocenters. The number of nitrogens with zero attached hydrogens (tertiary/aromatic N) is 1. The summed E-state index contributed by atoms with van der Waals surface area (Å²) < 4.78 is 19.8. The number of amides is 1. The largest absolute Gasteiger partial charge is 0.497 e. The molecule has 0 heterocycles. The number of hydrogen-bond donors (Lipinski definition) is 1. The van der Waals surface area contributed by atoms with Gasteiger partial charge in [-0.1, -0.05) is 36.4 Å². The van der Waals surface area contributed by atoms with Gasteiger partial charge < -0.3 is 14.7 Å². The summed E-state index contributed by atoms with van der Waals surface area (Å²) in [7, 11) is 1.48. The number of hydrogen-bond acceptors (Lipinski definition) is 3. The van der Waals surface area contributed by atoms with Crippen LogP contribution in [0.3, 0.4) is 0 Å². The van der Waals surface area contributed by atoms with E-state index in [4.69, 9.17) is 9.84 Å². The van der Waals surface area contributed by atoms with Gasteiger partial charge in [-0.25, -0.2) is 4.39 Å². The summed E-state index contributed by atoms with van der Waals surface area (Å²) in [6, 6.07) is 14.8. The highest BCUT2D eigenvalue weighted by molar-refractivity contribution is 5.91. The second kappa shape index (κ2) is 10.4. The molecular formula is C25H30FNO4. The monoisotopic (exact) mass is 427 g/mol. The number of carboxylic acids is 1. The lowest BCUT2D eigenvalue weighted by Crippen LogP contribution is -2.41. The van der Waals surface area contributed by atoms with Crippen LogP contribution in [0.25, 0.3) is 0 Å². The van der Waals surface area contributed by atoms with Gasteiger partial charge in [-0.3, -0.25) is 9.59 Å². The third-order valence-electron chi connectivity index (χ3n) is 5.94. The summed E-state index contributed by atoms with van der Waals surface area (Å²) in [4.78, 5) is 26.1. The number of benzene rings is 2. The van der Waals surface area contributed by atoms with Gasteiger partial charge in [0.2, 0.25) is 5.91 Å². The van der Waals surface area contributed by atoms with E-state index in [9.17, 15) is 14.0 Å². The van der Waals surface area contributed by atoms with Crippen LogP contribution in [-0.4, -0.2) is 42.1 Å². The van der Waals surface area contributed by atoms with Crippen LogP contribution in [0.15, 0.2) is 48.5 Å².